The molecule has 1 unspecified atom stereocenters. The molecule has 0 aliphatic rings. The molecule has 0 aromatic heterocycles. The van der Waals surface area contributed by atoms with Crippen molar-refractivity contribution < 1.29 is 9.84 Å². The van der Waals surface area contributed by atoms with E-state index in [9.17, 15) is 5.11 Å². The van der Waals surface area contributed by atoms with Crippen LogP contribution in [0.2, 0.25) is 0 Å². The number of nitrogens with one attached hydrogen (secondary N) is 1. The monoisotopic (exact) mass is 330 g/mol. The lowest BCUT2D eigenvalue weighted by Gasteiger charge is -2.13. The minimum absolute atomic E-state index is 0.487. The molecule has 0 aliphatic carbocycles. The van der Waals surface area contributed by atoms with E-state index in [4.69, 9.17) is 4.74 Å². The number of halogens is 1. The summed E-state index contributed by atoms with van der Waals surface area (Å²) in [5.41, 5.74) is 0.912. The van der Waals surface area contributed by atoms with Crippen LogP contribution in [0.3, 0.4) is 0 Å². The van der Waals surface area contributed by atoms with Gasteiger partial charge >= 0.3 is 0 Å². The second-order valence-electron chi connectivity index (χ2n) is 4.69. The molecule has 0 saturated carbocycles. The average molecular weight is 331 g/mol. The summed E-state index contributed by atoms with van der Waals surface area (Å²) in [6.07, 6.45) is -0.487. The van der Waals surface area contributed by atoms with Gasteiger partial charge in [0.15, 0.2) is 0 Å². The highest BCUT2D eigenvalue weighted by atomic mass is 79.9. The number of likely N-dealkylation sites (N-methyl/N-ethyl adjacent to an activating group) is 1. The SMILES string of the molecule is CN(C)CCOCCNCC(O)c1cccc(Br)c1. The van der Waals surface area contributed by atoms with E-state index in [1.165, 1.54) is 0 Å². The third kappa shape index (κ3) is 7.64. The number of aliphatic hydroxyl groups is 1. The van der Waals surface area contributed by atoms with Crippen LogP contribution in [0, 0.1) is 0 Å². The number of benzene rings is 1. The summed E-state index contributed by atoms with van der Waals surface area (Å²) in [6.45, 7) is 3.62. The van der Waals surface area contributed by atoms with Crippen LogP contribution in [-0.2, 0) is 4.74 Å². The molecule has 19 heavy (non-hydrogen) atoms. The highest BCUT2D eigenvalue weighted by Crippen LogP contribution is 2.17. The maximum Gasteiger partial charge on any atom is 0.0914 e. The van der Waals surface area contributed by atoms with Gasteiger partial charge in [-0.15, -0.1) is 0 Å². The van der Waals surface area contributed by atoms with Gasteiger partial charge in [0.05, 0.1) is 19.3 Å². The van der Waals surface area contributed by atoms with E-state index in [0.29, 0.717) is 13.2 Å². The average Bonchev–Trinajstić information content (AvgIpc) is 2.37. The Balaban J connectivity index is 2.09. The molecule has 0 spiro atoms. The van der Waals surface area contributed by atoms with E-state index >= 15 is 0 Å². The molecule has 1 aromatic carbocycles. The highest BCUT2D eigenvalue weighted by Gasteiger charge is 2.06. The quantitative estimate of drug-likeness (QED) is 0.676. The summed E-state index contributed by atoms with van der Waals surface area (Å²) in [4.78, 5) is 2.09. The third-order valence-corrected chi connectivity index (χ3v) is 3.17. The fraction of sp³-hybridized carbons (Fsp3) is 0.571. The van der Waals surface area contributed by atoms with Gasteiger partial charge in [0.2, 0.25) is 0 Å². The lowest BCUT2D eigenvalue weighted by Crippen LogP contribution is -2.26. The van der Waals surface area contributed by atoms with E-state index in [1.807, 2.05) is 38.4 Å². The molecule has 0 bridgehead atoms. The molecular weight excluding hydrogens is 308 g/mol. The third-order valence-electron chi connectivity index (χ3n) is 2.68. The molecule has 1 aromatic rings. The smallest absolute Gasteiger partial charge is 0.0914 e. The van der Waals surface area contributed by atoms with Crippen LogP contribution in [0.25, 0.3) is 0 Å². The van der Waals surface area contributed by atoms with Crippen molar-refractivity contribution in [1.29, 1.82) is 0 Å². The minimum Gasteiger partial charge on any atom is -0.387 e. The van der Waals surface area contributed by atoms with Crippen molar-refractivity contribution in [2.45, 2.75) is 6.10 Å². The number of hydrogen-bond acceptors (Lipinski definition) is 4. The Hall–Kier alpha value is -0.460. The summed E-state index contributed by atoms with van der Waals surface area (Å²) in [6, 6.07) is 7.72. The van der Waals surface area contributed by atoms with Gasteiger partial charge in [0.1, 0.15) is 0 Å². The predicted molar refractivity (Wildman–Crippen MR) is 81.3 cm³/mol. The molecule has 2 N–H and O–H groups in total. The zero-order chi connectivity index (χ0) is 14.1. The molecule has 4 nitrogen and oxygen atoms in total. The van der Waals surface area contributed by atoms with Gasteiger partial charge in [-0.3, -0.25) is 0 Å². The van der Waals surface area contributed by atoms with Gasteiger partial charge in [0.25, 0.3) is 0 Å². The van der Waals surface area contributed by atoms with Gasteiger partial charge in [-0.25, -0.2) is 0 Å². The number of nitrogens with zero attached hydrogens (tertiary/aromatic N) is 1. The van der Waals surface area contributed by atoms with Crippen molar-refractivity contribution in [3.8, 4) is 0 Å². The molecule has 0 amide bonds. The number of aliphatic hydroxyl groups excluding tert-OH is 1. The predicted octanol–water partition coefficient (Wildman–Crippen LogP) is 1.65. The number of ether oxygens (including phenoxy) is 1. The van der Waals surface area contributed by atoms with E-state index in [-0.39, 0.29) is 0 Å². The molecule has 0 heterocycles. The van der Waals surface area contributed by atoms with E-state index in [1.54, 1.807) is 0 Å². The maximum atomic E-state index is 9.99. The van der Waals surface area contributed by atoms with Crippen molar-refractivity contribution in [3.05, 3.63) is 34.3 Å². The van der Waals surface area contributed by atoms with E-state index < -0.39 is 6.10 Å². The minimum atomic E-state index is -0.487. The van der Waals surface area contributed by atoms with Crippen LogP contribution in [0.4, 0.5) is 0 Å². The molecule has 5 heteroatoms. The number of rotatable bonds is 9. The Morgan fingerprint density at radius 2 is 2.16 bits per heavy atom. The highest BCUT2D eigenvalue weighted by molar-refractivity contribution is 9.10. The summed E-state index contributed by atoms with van der Waals surface area (Å²) < 4.78 is 6.44. The Morgan fingerprint density at radius 3 is 2.84 bits per heavy atom. The van der Waals surface area contributed by atoms with Gasteiger partial charge in [-0.05, 0) is 31.8 Å². The topological polar surface area (TPSA) is 44.7 Å². The van der Waals surface area contributed by atoms with Crippen molar-refractivity contribution in [2.75, 3.05) is 46.9 Å². The summed E-state index contributed by atoms with van der Waals surface area (Å²) >= 11 is 3.40. The van der Waals surface area contributed by atoms with E-state index in [0.717, 1.165) is 29.7 Å². The zero-order valence-electron chi connectivity index (χ0n) is 11.6. The van der Waals surface area contributed by atoms with Crippen molar-refractivity contribution in [2.24, 2.45) is 0 Å². The van der Waals surface area contributed by atoms with Crippen LogP contribution in [-0.4, -0.2) is 56.9 Å². The molecular formula is C14H23BrN2O2. The molecule has 108 valence electrons. The van der Waals surface area contributed by atoms with Crippen LogP contribution < -0.4 is 5.32 Å². The molecule has 1 atom stereocenters. The van der Waals surface area contributed by atoms with Crippen LogP contribution in [0.15, 0.2) is 28.7 Å². The Morgan fingerprint density at radius 1 is 1.37 bits per heavy atom. The summed E-state index contributed by atoms with van der Waals surface area (Å²) in [7, 11) is 4.05. The first-order valence-corrected chi connectivity index (χ1v) is 7.25. The first kappa shape index (κ1) is 16.6. The summed E-state index contributed by atoms with van der Waals surface area (Å²) in [5, 5.41) is 13.2. The Labute approximate surface area is 123 Å². The summed E-state index contributed by atoms with van der Waals surface area (Å²) in [5.74, 6) is 0. The lowest BCUT2D eigenvalue weighted by molar-refractivity contribution is 0.114. The molecule has 0 aliphatic heterocycles. The standard InChI is InChI=1S/C14H23BrN2O2/c1-17(2)7-9-19-8-6-16-11-14(18)12-4-3-5-13(15)10-12/h3-5,10,14,16,18H,6-9,11H2,1-2H3. The maximum absolute atomic E-state index is 9.99. The van der Waals surface area contributed by atoms with Crippen LogP contribution in [0.1, 0.15) is 11.7 Å². The lowest BCUT2D eigenvalue weighted by atomic mass is 10.1. The Kier molecular flexibility index (Phi) is 8.25. The second kappa shape index (κ2) is 9.44. The zero-order valence-corrected chi connectivity index (χ0v) is 13.2. The van der Waals surface area contributed by atoms with Gasteiger partial charge < -0.3 is 20.1 Å². The fourth-order valence-corrected chi connectivity index (χ4v) is 1.98. The van der Waals surface area contributed by atoms with Crippen molar-refractivity contribution >= 4 is 15.9 Å². The van der Waals surface area contributed by atoms with Crippen molar-refractivity contribution in [3.63, 3.8) is 0 Å². The van der Waals surface area contributed by atoms with Gasteiger partial charge in [0, 0.05) is 24.1 Å². The first-order valence-electron chi connectivity index (χ1n) is 6.46. The normalized spacial score (nSPS) is 12.9. The van der Waals surface area contributed by atoms with Gasteiger partial charge in [-0.1, -0.05) is 28.1 Å². The fourth-order valence-electron chi connectivity index (χ4n) is 1.56. The van der Waals surface area contributed by atoms with Crippen LogP contribution in [0.5, 0.6) is 0 Å². The Bertz CT molecular complexity index is 361. The number of hydrogen-bond donors (Lipinski definition) is 2. The van der Waals surface area contributed by atoms with E-state index in [2.05, 4.69) is 26.1 Å². The second-order valence-corrected chi connectivity index (χ2v) is 5.61. The largest absolute Gasteiger partial charge is 0.387 e. The first-order chi connectivity index (χ1) is 9.09. The molecule has 0 saturated heterocycles. The molecule has 0 fully saturated rings. The van der Waals surface area contributed by atoms with Crippen LogP contribution >= 0.6 is 15.9 Å². The van der Waals surface area contributed by atoms with Gasteiger partial charge in [-0.2, -0.15) is 0 Å². The van der Waals surface area contributed by atoms with Crippen molar-refractivity contribution in [1.82, 2.24) is 10.2 Å². The molecule has 0 radical (unpaired) electrons. The molecule has 1 rings (SSSR count).